The van der Waals surface area contributed by atoms with Gasteiger partial charge in [0.2, 0.25) is 0 Å². The summed E-state index contributed by atoms with van der Waals surface area (Å²) in [5.74, 6) is -10.3. The Balaban J connectivity index is 5.40. The topological polar surface area (TPSA) is 12.4 Å². The smallest absolute Gasteiger partial charge is 0.186 e. The minimum absolute atomic E-state index is 0.768. The Morgan fingerprint density at radius 3 is 1.41 bits per heavy atom. The van der Waals surface area contributed by atoms with E-state index < -0.39 is 28.9 Å². The van der Waals surface area contributed by atoms with Crippen LogP contribution < -0.4 is 0 Å². The monoisotopic (exact) mass is 343 g/mol. The fraction of sp³-hybridized carbons (Fsp3) is 0.800. The van der Waals surface area contributed by atoms with Crippen molar-refractivity contribution in [1.29, 1.82) is 0 Å². The van der Waals surface area contributed by atoms with Gasteiger partial charge in [-0.25, -0.2) is 0 Å². The summed E-state index contributed by atoms with van der Waals surface area (Å²) in [6.45, 7) is 0. The highest BCUT2D eigenvalue weighted by Crippen LogP contribution is 2.43. The molecule has 0 N–H and O–H groups in total. The second kappa shape index (κ2) is 4.28. The molecular formula is C5BrF10N. The van der Waals surface area contributed by atoms with E-state index in [-0.39, 0.29) is 0 Å². The molecule has 0 amide bonds. The Labute approximate surface area is 94.6 Å². The van der Waals surface area contributed by atoms with Crippen molar-refractivity contribution in [3.63, 3.8) is 0 Å². The third-order valence-electron chi connectivity index (χ3n) is 1.19. The molecule has 0 aliphatic rings. The molecule has 0 bridgehead atoms. The SMILES string of the molecule is F/C(=N\C(F)(F)C(F)(F)Br)C(F)(F)C(F)(F)F. The van der Waals surface area contributed by atoms with Crippen molar-refractivity contribution in [2.24, 2.45) is 4.99 Å². The number of nitrogens with zero attached hydrogens (tertiary/aromatic N) is 1. The Morgan fingerprint density at radius 1 is 0.824 bits per heavy atom. The van der Waals surface area contributed by atoms with Crippen molar-refractivity contribution in [2.75, 3.05) is 0 Å². The molecule has 0 aliphatic carbocycles. The Kier molecular flexibility index (Phi) is 4.14. The van der Waals surface area contributed by atoms with Gasteiger partial charge in [0, 0.05) is 0 Å². The van der Waals surface area contributed by atoms with Crippen molar-refractivity contribution < 1.29 is 43.9 Å². The second-order valence-electron chi connectivity index (χ2n) is 2.51. The first-order valence-corrected chi connectivity index (χ1v) is 4.07. The molecule has 0 spiro atoms. The summed E-state index contributed by atoms with van der Waals surface area (Å²) in [6, 6.07) is -5.80. The minimum Gasteiger partial charge on any atom is -0.186 e. The summed E-state index contributed by atoms with van der Waals surface area (Å²) in [5, 5.41) is 0. The zero-order valence-electron chi connectivity index (χ0n) is 7.10. The van der Waals surface area contributed by atoms with Crippen molar-refractivity contribution in [1.82, 2.24) is 0 Å². The highest BCUT2D eigenvalue weighted by Gasteiger charge is 2.65. The first kappa shape index (κ1) is 16.4. The quantitative estimate of drug-likeness (QED) is 0.316. The van der Waals surface area contributed by atoms with Crippen molar-refractivity contribution in [3.05, 3.63) is 0 Å². The summed E-state index contributed by atoms with van der Waals surface area (Å²) < 4.78 is 119. The average molecular weight is 344 g/mol. The Bertz CT molecular complexity index is 312. The van der Waals surface area contributed by atoms with Gasteiger partial charge in [-0.15, -0.1) is 0 Å². The van der Waals surface area contributed by atoms with Crippen LogP contribution in [-0.2, 0) is 0 Å². The molecule has 0 saturated heterocycles. The van der Waals surface area contributed by atoms with Crippen LogP contribution in [0.3, 0.4) is 0 Å². The zero-order valence-corrected chi connectivity index (χ0v) is 8.69. The van der Waals surface area contributed by atoms with Gasteiger partial charge in [-0.3, -0.25) is 0 Å². The average Bonchev–Trinajstić information content (AvgIpc) is 1.98. The highest BCUT2D eigenvalue weighted by atomic mass is 79.9. The summed E-state index contributed by atoms with van der Waals surface area (Å²) in [7, 11) is 0. The van der Waals surface area contributed by atoms with E-state index in [0.29, 0.717) is 0 Å². The van der Waals surface area contributed by atoms with Gasteiger partial charge in [0.25, 0.3) is 5.97 Å². The van der Waals surface area contributed by atoms with Crippen LogP contribution in [-0.4, -0.2) is 28.9 Å². The van der Waals surface area contributed by atoms with Crippen molar-refractivity contribution >= 4 is 21.9 Å². The van der Waals surface area contributed by atoms with Crippen LogP contribution >= 0.6 is 15.9 Å². The van der Waals surface area contributed by atoms with Gasteiger partial charge in [0.1, 0.15) is 0 Å². The van der Waals surface area contributed by atoms with Crippen LogP contribution in [0.4, 0.5) is 43.9 Å². The number of hydrogen-bond donors (Lipinski definition) is 0. The molecule has 17 heavy (non-hydrogen) atoms. The van der Waals surface area contributed by atoms with E-state index in [1.807, 2.05) is 0 Å². The molecular weight excluding hydrogens is 344 g/mol. The standard InChI is InChI=1S/C5BrF10N/c6-3(10,11)5(15,16)17-1(7)2(8,9)4(12,13)14/b17-1-. The number of halogens is 11. The lowest BCUT2D eigenvalue weighted by atomic mass is 10.3. The predicted molar refractivity (Wildman–Crippen MR) is 38.4 cm³/mol. The van der Waals surface area contributed by atoms with Gasteiger partial charge in [-0.2, -0.15) is 48.9 Å². The first-order chi connectivity index (χ1) is 7.13. The lowest BCUT2D eigenvalue weighted by molar-refractivity contribution is -0.253. The van der Waals surface area contributed by atoms with E-state index in [1.54, 1.807) is 0 Å². The maximum atomic E-state index is 12.2. The molecule has 0 aliphatic heterocycles. The fourth-order valence-electron chi connectivity index (χ4n) is 0.374. The normalized spacial score (nSPS) is 16.3. The molecule has 0 aromatic rings. The third kappa shape index (κ3) is 3.45. The van der Waals surface area contributed by atoms with Crippen LogP contribution in [0.25, 0.3) is 0 Å². The van der Waals surface area contributed by atoms with Gasteiger partial charge in [0.05, 0.1) is 0 Å². The molecule has 0 fully saturated rings. The van der Waals surface area contributed by atoms with Gasteiger partial charge >= 0.3 is 23.0 Å². The van der Waals surface area contributed by atoms with E-state index in [2.05, 4.69) is 0 Å². The maximum absolute atomic E-state index is 12.2. The molecule has 0 rings (SSSR count). The van der Waals surface area contributed by atoms with Crippen molar-refractivity contribution in [2.45, 2.75) is 23.0 Å². The highest BCUT2D eigenvalue weighted by molar-refractivity contribution is 9.10. The maximum Gasteiger partial charge on any atom is 0.462 e. The molecule has 12 heteroatoms. The molecule has 0 saturated carbocycles. The molecule has 0 aromatic carbocycles. The van der Waals surface area contributed by atoms with Crippen molar-refractivity contribution in [3.8, 4) is 0 Å². The van der Waals surface area contributed by atoms with Crippen LogP contribution in [0.15, 0.2) is 4.99 Å². The fourth-order valence-corrected chi connectivity index (χ4v) is 0.462. The van der Waals surface area contributed by atoms with Crippen LogP contribution in [0.5, 0.6) is 0 Å². The number of hydrogen-bond acceptors (Lipinski definition) is 1. The summed E-state index contributed by atoms with van der Waals surface area (Å²) >= 11 is 0.963. The van der Waals surface area contributed by atoms with Gasteiger partial charge in [-0.1, -0.05) is 0 Å². The van der Waals surface area contributed by atoms with E-state index in [4.69, 9.17) is 0 Å². The first-order valence-electron chi connectivity index (χ1n) is 3.28. The largest absolute Gasteiger partial charge is 0.462 e. The molecule has 0 atom stereocenters. The molecule has 102 valence electrons. The number of alkyl halides is 10. The van der Waals surface area contributed by atoms with Gasteiger partial charge in [0.15, 0.2) is 0 Å². The molecule has 0 aromatic heterocycles. The number of aliphatic imine (C=N–C) groups is 1. The summed E-state index contributed by atoms with van der Waals surface area (Å²) in [5.41, 5.74) is 0. The predicted octanol–water partition coefficient (Wildman–Crippen LogP) is 4.13. The second-order valence-corrected chi connectivity index (χ2v) is 3.51. The lowest BCUT2D eigenvalue weighted by Gasteiger charge is -2.20. The Morgan fingerprint density at radius 2 is 1.18 bits per heavy atom. The van der Waals surface area contributed by atoms with Crippen LogP contribution in [0.1, 0.15) is 0 Å². The van der Waals surface area contributed by atoms with E-state index >= 15 is 0 Å². The van der Waals surface area contributed by atoms with Gasteiger partial charge in [-0.05, 0) is 15.9 Å². The lowest BCUT2D eigenvalue weighted by Crippen LogP contribution is -2.44. The van der Waals surface area contributed by atoms with E-state index in [9.17, 15) is 43.9 Å². The van der Waals surface area contributed by atoms with Gasteiger partial charge < -0.3 is 0 Å². The summed E-state index contributed by atoms with van der Waals surface area (Å²) in [6.07, 6.45) is -6.57. The molecule has 0 heterocycles. The van der Waals surface area contributed by atoms with Crippen LogP contribution in [0.2, 0.25) is 0 Å². The molecule has 0 radical (unpaired) electrons. The van der Waals surface area contributed by atoms with E-state index in [1.165, 1.54) is 0 Å². The third-order valence-corrected chi connectivity index (χ3v) is 1.67. The minimum atomic E-state index is -6.57. The number of rotatable bonds is 3. The van der Waals surface area contributed by atoms with Crippen LogP contribution in [0, 0.1) is 0 Å². The molecule has 0 unspecified atom stereocenters. The molecule has 1 nitrogen and oxygen atoms in total. The Hall–Kier alpha value is -0.550. The van der Waals surface area contributed by atoms with E-state index in [0.717, 1.165) is 20.9 Å². The summed E-state index contributed by atoms with van der Waals surface area (Å²) in [4.78, 5) is -4.51. The zero-order chi connectivity index (χ0) is 14.3.